The molecule has 0 radical (unpaired) electrons. The molecule has 1 aromatic carbocycles. The number of rotatable bonds is 7. The van der Waals surface area contributed by atoms with Gasteiger partial charge in [0.15, 0.2) is 0 Å². The molecule has 1 N–H and O–H groups in total. The number of hydrogen-bond acceptors (Lipinski definition) is 5. The number of anilines is 1. The van der Waals surface area contributed by atoms with Crippen molar-refractivity contribution in [2.45, 2.75) is 20.3 Å². The number of aliphatic imine (C=N–C) groups is 1. The maximum atomic E-state index is 12.9. The molecule has 168 valence electrons. The molecule has 0 aliphatic heterocycles. The van der Waals surface area contributed by atoms with Crippen LogP contribution in [0.4, 0.5) is 10.3 Å². The van der Waals surface area contributed by atoms with Crippen molar-refractivity contribution in [3.8, 4) is 11.3 Å². The molecule has 3 aromatic heterocycles. The van der Waals surface area contributed by atoms with Crippen molar-refractivity contribution in [3.63, 3.8) is 0 Å². The molecule has 3 heterocycles. The second kappa shape index (κ2) is 12.0. The van der Waals surface area contributed by atoms with E-state index in [1.807, 2.05) is 54.9 Å². The van der Waals surface area contributed by atoms with Crippen LogP contribution in [-0.4, -0.2) is 32.3 Å². The highest BCUT2D eigenvalue weighted by molar-refractivity contribution is 5.72. The fourth-order valence-corrected chi connectivity index (χ4v) is 3.05. The van der Waals surface area contributed by atoms with Gasteiger partial charge in [0.25, 0.3) is 0 Å². The average molecular weight is 443 g/mol. The van der Waals surface area contributed by atoms with Crippen molar-refractivity contribution >= 4 is 17.7 Å². The molecule has 4 rings (SSSR count). The zero-order valence-electron chi connectivity index (χ0n) is 18.8. The zero-order chi connectivity index (χ0) is 23.5. The molecule has 33 heavy (non-hydrogen) atoms. The van der Waals surface area contributed by atoms with E-state index >= 15 is 0 Å². The van der Waals surface area contributed by atoms with Crippen LogP contribution >= 0.6 is 0 Å². The fourth-order valence-electron chi connectivity index (χ4n) is 3.05. The van der Waals surface area contributed by atoms with E-state index in [1.165, 1.54) is 12.1 Å². The summed E-state index contributed by atoms with van der Waals surface area (Å²) in [5.41, 5.74) is 4.98. The van der Waals surface area contributed by atoms with Crippen molar-refractivity contribution in [3.05, 3.63) is 103 Å². The molecular weight excluding hydrogens is 415 g/mol. The van der Waals surface area contributed by atoms with E-state index < -0.39 is 0 Å². The SMILES string of the molecule is C=CC=N/C=C\CCNc1nccc(C)n1.Cc1c(-c2ccc(F)cc2)nn2ccccc12. The topological polar surface area (TPSA) is 67.5 Å². The average Bonchev–Trinajstić information content (AvgIpc) is 3.16. The van der Waals surface area contributed by atoms with E-state index in [-0.39, 0.29) is 5.82 Å². The number of nitrogens with zero attached hydrogens (tertiary/aromatic N) is 5. The van der Waals surface area contributed by atoms with Crippen molar-refractivity contribution in [1.82, 2.24) is 19.6 Å². The van der Waals surface area contributed by atoms with Crippen molar-refractivity contribution in [2.75, 3.05) is 11.9 Å². The number of allylic oxidation sites excluding steroid dienone is 1. The van der Waals surface area contributed by atoms with Crippen LogP contribution in [0.15, 0.2) is 90.8 Å². The highest BCUT2D eigenvalue weighted by Gasteiger charge is 2.09. The molecule has 0 unspecified atom stereocenters. The Morgan fingerprint density at radius 1 is 1.12 bits per heavy atom. The predicted octanol–water partition coefficient (Wildman–Crippen LogP) is 5.81. The van der Waals surface area contributed by atoms with E-state index in [2.05, 4.69) is 32.0 Å². The molecule has 4 aromatic rings. The number of hydrogen-bond donors (Lipinski definition) is 1. The van der Waals surface area contributed by atoms with Crippen LogP contribution in [0, 0.1) is 19.7 Å². The van der Waals surface area contributed by atoms with E-state index in [9.17, 15) is 4.39 Å². The van der Waals surface area contributed by atoms with Gasteiger partial charge in [0.05, 0.1) is 11.2 Å². The first-order valence-corrected chi connectivity index (χ1v) is 10.6. The normalized spacial score (nSPS) is 11.0. The Bertz CT molecular complexity index is 1240. The Balaban J connectivity index is 0.000000186. The van der Waals surface area contributed by atoms with Gasteiger partial charge in [-0.15, -0.1) is 0 Å². The summed E-state index contributed by atoms with van der Waals surface area (Å²) >= 11 is 0. The van der Waals surface area contributed by atoms with Crippen molar-refractivity contribution < 1.29 is 4.39 Å². The van der Waals surface area contributed by atoms with Crippen molar-refractivity contribution in [1.29, 1.82) is 0 Å². The second-order valence-electron chi connectivity index (χ2n) is 7.17. The van der Waals surface area contributed by atoms with E-state index in [4.69, 9.17) is 0 Å². The van der Waals surface area contributed by atoms with Gasteiger partial charge in [-0.3, -0.25) is 4.99 Å². The van der Waals surface area contributed by atoms with Gasteiger partial charge in [0, 0.05) is 48.2 Å². The van der Waals surface area contributed by atoms with Gasteiger partial charge in [0.1, 0.15) is 5.82 Å². The lowest BCUT2D eigenvalue weighted by Gasteiger charge is -2.02. The summed E-state index contributed by atoms with van der Waals surface area (Å²) in [4.78, 5) is 12.3. The quantitative estimate of drug-likeness (QED) is 0.290. The number of benzene rings is 1. The van der Waals surface area contributed by atoms with Crippen LogP contribution in [0.5, 0.6) is 0 Å². The summed E-state index contributed by atoms with van der Waals surface area (Å²) in [6.45, 7) is 8.30. The van der Waals surface area contributed by atoms with Crippen LogP contribution in [0.3, 0.4) is 0 Å². The smallest absolute Gasteiger partial charge is 0.222 e. The van der Waals surface area contributed by atoms with E-state index in [0.29, 0.717) is 5.95 Å². The Labute approximate surface area is 193 Å². The molecule has 0 bridgehead atoms. The van der Waals surface area contributed by atoms with E-state index in [0.717, 1.165) is 41.0 Å². The molecule has 0 saturated heterocycles. The van der Waals surface area contributed by atoms with Gasteiger partial charge in [-0.05, 0) is 62.7 Å². The predicted molar refractivity (Wildman–Crippen MR) is 133 cm³/mol. The third-order valence-electron chi connectivity index (χ3n) is 4.68. The highest BCUT2D eigenvalue weighted by Crippen LogP contribution is 2.25. The third-order valence-corrected chi connectivity index (χ3v) is 4.68. The van der Waals surface area contributed by atoms with Crippen LogP contribution < -0.4 is 5.32 Å². The number of aryl methyl sites for hydroxylation is 2. The molecule has 0 spiro atoms. The Hall–Kier alpha value is -4.13. The van der Waals surface area contributed by atoms with Gasteiger partial charge in [-0.2, -0.15) is 5.10 Å². The van der Waals surface area contributed by atoms with Crippen molar-refractivity contribution in [2.24, 2.45) is 4.99 Å². The lowest BCUT2D eigenvalue weighted by Crippen LogP contribution is -2.04. The van der Waals surface area contributed by atoms with Gasteiger partial charge >= 0.3 is 0 Å². The minimum absolute atomic E-state index is 0.227. The first-order chi connectivity index (χ1) is 16.1. The standard InChI is InChI=1S/C14H11FN2.C12H16N4/c1-10-13-4-2-3-9-17(13)16-14(10)11-5-7-12(15)8-6-11;1-3-7-13-8-4-5-9-14-12-15-10-6-11(2)16-12/h2-9H,1H3;3-4,6-8,10H,1,5,9H2,2H3,(H,14,15,16)/b;8-4-,13-7?. The van der Waals surface area contributed by atoms with Gasteiger partial charge in [-0.1, -0.05) is 24.8 Å². The lowest BCUT2D eigenvalue weighted by atomic mass is 10.1. The largest absolute Gasteiger partial charge is 0.354 e. The van der Waals surface area contributed by atoms with Gasteiger partial charge < -0.3 is 5.32 Å². The van der Waals surface area contributed by atoms with Gasteiger partial charge in [-0.25, -0.2) is 18.9 Å². The summed E-state index contributed by atoms with van der Waals surface area (Å²) in [7, 11) is 0. The summed E-state index contributed by atoms with van der Waals surface area (Å²) in [5, 5.41) is 7.64. The van der Waals surface area contributed by atoms with Crippen LogP contribution in [0.1, 0.15) is 17.7 Å². The number of halogens is 1. The summed E-state index contributed by atoms with van der Waals surface area (Å²) in [6, 6.07) is 14.2. The maximum Gasteiger partial charge on any atom is 0.222 e. The Kier molecular flexibility index (Phi) is 8.59. The summed E-state index contributed by atoms with van der Waals surface area (Å²) in [5.74, 6) is 0.443. The second-order valence-corrected chi connectivity index (χ2v) is 7.17. The molecule has 0 aliphatic carbocycles. The summed E-state index contributed by atoms with van der Waals surface area (Å²) < 4.78 is 14.7. The zero-order valence-corrected chi connectivity index (χ0v) is 18.8. The number of aromatic nitrogens is 4. The maximum absolute atomic E-state index is 12.9. The number of nitrogens with one attached hydrogen (secondary N) is 1. The van der Waals surface area contributed by atoms with Gasteiger partial charge in [0.2, 0.25) is 5.95 Å². The molecular formula is C26H27FN6. The Morgan fingerprint density at radius 2 is 1.94 bits per heavy atom. The van der Waals surface area contributed by atoms with Crippen LogP contribution in [0.2, 0.25) is 0 Å². The monoisotopic (exact) mass is 442 g/mol. The van der Waals surface area contributed by atoms with Crippen LogP contribution in [0.25, 0.3) is 16.8 Å². The number of fused-ring (bicyclic) bond motifs is 1. The third kappa shape index (κ3) is 6.93. The molecule has 0 saturated carbocycles. The number of pyridine rings is 1. The molecule has 0 aliphatic rings. The molecule has 0 amide bonds. The molecule has 6 nitrogen and oxygen atoms in total. The first-order valence-electron chi connectivity index (χ1n) is 10.6. The van der Waals surface area contributed by atoms with Crippen LogP contribution in [-0.2, 0) is 0 Å². The highest BCUT2D eigenvalue weighted by atomic mass is 19.1. The van der Waals surface area contributed by atoms with E-state index in [1.54, 1.807) is 36.8 Å². The lowest BCUT2D eigenvalue weighted by molar-refractivity contribution is 0.628. The Morgan fingerprint density at radius 3 is 2.67 bits per heavy atom. The fraction of sp³-hybridized carbons (Fsp3) is 0.154. The minimum Gasteiger partial charge on any atom is -0.354 e. The molecule has 7 heteroatoms. The summed E-state index contributed by atoms with van der Waals surface area (Å²) in [6.07, 6.45) is 11.6. The minimum atomic E-state index is -0.227. The molecule has 0 fully saturated rings. The first kappa shape index (κ1) is 23.5. The molecule has 0 atom stereocenters.